The molecule has 0 radical (unpaired) electrons. The van der Waals surface area contributed by atoms with Crippen LogP contribution in [0, 0.1) is 17.5 Å². The standard InChI is InChI=1S/C27H28F3N5O5S/c1-15(2)25-18-11-17(13-31-26(18)35(33-25)23-6-4-5-9-39-23)40-14-19-20(29)7-8-21(24(19)30)34-41(36,37)22-10-16(28)12-32-27(22)38-3/h7-8,10-13,15,23,34H,4-6,9,14H2,1-3H3. The van der Waals surface area contributed by atoms with Crippen LogP contribution in [0.25, 0.3) is 11.0 Å². The van der Waals surface area contributed by atoms with Crippen molar-refractivity contribution < 1.29 is 35.8 Å². The molecule has 1 unspecified atom stereocenters. The van der Waals surface area contributed by atoms with Crippen LogP contribution < -0.4 is 14.2 Å². The zero-order valence-corrected chi connectivity index (χ0v) is 23.3. The summed E-state index contributed by atoms with van der Waals surface area (Å²) in [6.07, 6.45) is 4.80. The van der Waals surface area contributed by atoms with Crippen LogP contribution in [-0.4, -0.2) is 41.9 Å². The Morgan fingerprint density at radius 1 is 1.15 bits per heavy atom. The van der Waals surface area contributed by atoms with Crippen LogP contribution in [0.2, 0.25) is 0 Å². The largest absolute Gasteiger partial charge is 0.487 e. The normalized spacial score (nSPS) is 15.8. The lowest BCUT2D eigenvalue weighted by Crippen LogP contribution is -2.19. The zero-order valence-electron chi connectivity index (χ0n) is 22.5. The van der Waals surface area contributed by atoms with Gasteiger partial charge in [-0.15, -0.1) is 0 Å². The third kappa shape index (κ3) is 5.79. The first-order valence-electron chi connectivity index (χ1n) is 12.9. The topological polar surface area (TPSA) is 117 Å². The van der Waals surface area contributed by atoms with Crippen LogP contribution in [0.4, 0.5) is 18.9 Å². The van der Waals surface area contributed by atoms with Gasteiger partial charge in [0.1, 0.15) is 24.0 Å². The number of ether oxygens (including phenoxy) is 3. The van der Waals surface area contributed by atoms with Crippen molar-refractivity contribution in [1.29, 1.82) is 0 Å². The molecule has 0 bridgehead atoms. The first kappa shape index (κ1) is 28.6. The van der Waals surface area contributed by atoms with E-state index in [4.69, 9.17) is 19.3 Å². The van der Waals surface area contributed by atoms with E-state index in [9.17, 15) is 17.2 Å². The number of hydrogen-bond acceptors (Lipinski definition) is 8. The van der Waals surface area contributed by atoms with Gasteiger partial charge in [-0.25, -0.2) is 36.2 Å². The van der Waals surface area contributed by atoms with Gasteiger partial charge in [-0.2, -0.15) is 5.10 Å². The Hall–Kier alpha value is -3.91. The molecule has 0 amide bonds. The SMILES string of the molecule is COc1ncc(F)cc1S(=O)(=O)Nc1ccc(F)c(COc2cnc3c(c2)c(C(C)C)nn3C2CCCCO2)c1F. The van der Waals surface area contributed by atoms with E-state index in [2.05, 4.69) is 9.97 Å². The first-order chi connectivity index (χ1) is 19.6. The van der Waals surface area contributed by atoms with Gasteiger partial charge in [-0.3, -0.25) is 4.72 Å². The highest BCUT2D eigenvalue weighted by atomic mass is 32.2. The van der Waals surface area contributed by atoms with Gasteiger partial charge in [-0.1, -0.05) is 13.8 Å². The maximum atomic E-state index is 15.4. The number of methoxy groups -OCH3 is 1. The third-order valence-corrected chi connectivity index (χ3v) is 7.97. The fraction of sp³-hybridized carbons (Fsp3) is 0.370. The van der Waals surface area contributed by atoms with Gasteiger partial charge >= 0.3 is 0 Å². The molecule has 4 heterocycles. The summed E-state index contributed by atoms with van der Waals surface area (Å²) < 4.78 is 89.7. The maximum absolute atomic E-state index is 15.4. The molecular weight excluding hydrogens is 563 g/mol. The highest BCUT2D eigenvalue weighted by Crippen LogP contribution is 2.33. The molecule has 1 N–H and O–H groups in total. The van der Waals surface area contributed by atoms with Crippen LogP contribution in [-0.2, 0) is 21.4 Å². The quantitative estimate of drug-likeness (QED) is 0.273. The van der Waals surface area contributed by atoms with E-state index in [0.29, 0.717) is 18.3 Å². The van der Waals surface area contributed by atoms with Crippen molar-refractivity contribution in [1.82, 2.24) is 19.7 Å². The second-order valence-electron chi connectivity index (χ2n) is 9.79. The van der Waals surface area contributed by atoms with Crippen molar-refractivity contribution in [3.63, 3.8) is 0 Å². The minimum atomic E-state index is -4.55. The van der Waals surface area contributed by atoms with Gasteiger partial charge in [0.25, 0.3) is 10.0 Å². The second kappa shape index (κ2) is 11.5. The molecule has 0 spiro atoms. The van der Waals surface area contributed by atoms with E-state index in [-0.39, 0.29) is 17.9 Å². The molecule has 3 aromatic heterocycles. The molecule has 1 saturated heterocycles. The van der Waals surface area contributed by atoms with Gasteiger partial charge in [0.15, 0.2) is 22.6 Å². The average molecular weight is 592 g/mol. The number of pyridine rings is 2. The Morgan fingerprint density at radius 3 is 2.66 bits per heavy atom. The fourth-order valence-electron chi connectivity index (χ4n) is 4.57. The van der Waals surface area contributed by atoms with Gasteiger partial charge in [0.2, 0.25) is 5.88 Å². The highest BCUT2D eigenvalue weighted by molar-refractivity contribution is 7.92. The van der Waals surface area contributed by atoms with Crippen LogP contribution in [0.5, 0.6) is 11.6 Å². The van der Waals surface area contributed by atoms with Crippen LogP contribution in [0.3, 0.4) is 0 Å². The average Bonchev–Trinajstić information content (AvgIpc) is 3.34. The summed E-state index contributed by atoms with van der Waals surface area (Å²) >= 11 is 0. The van der Waals surface area contributed by atoms with E-state index in [1.165, 1.54) is 6.20 Å². The predicted molar refractivity (Wildman–Crippen MR) is 143 cm³/mol. The van der Waals surface area contributed by atoms with Crippen molar-refractivity contribution in [2.24, 2.45) is 0 Å². The molecule has 5 rings (SSSR count). The second-order valence-corrected chi connectivity index (χ2v) is 11.4. The Balaban J connectivity index is 1.41. The molecule has 1 aliphatic rings. The van der Waals surface area contributed by atoms with Crippen molar-refractivity contribution in [3.05, 3.63) is 65.4 Å². The highest BCUT2D eigenvalue weighted by Gasteiger charge is 2.26. The molecule has 14 heteroatoms. The van der Waals surface area contributed by atoms with Crippen LogP contribution in [0.1, 0.15) is 56.5 Å². The number of aromatic nitrogens is 4. The Morgan fingerprint density at radius 2 is 1.95 bits per heavy atom. The number of sulfonamides is 1. The van der Waals surface area contributed by atoms with E-state index in [1.807, 2.05) is 18.6 Å². The number of hydrogen-bond donors (Lipinski definition) is 1. The van der Waals surface area contributed by atoms with Gasteiger partial charge in [0, 0.05) is 18.1 Å². The Kier molecular flexibility index (Phi) is 8.04. The predicted octanol–water partition coefficient (Wildman–Crippen LogP) is 5.45. The molecule has 10 nitrogen and oxygen atoms in total. The molecule has 0 saturated carbocycles. The summed E-state index contributed by atoms with van der Waals surface area (Å²) in [5.74, 6) is -3.18. The summed E-state index contributed by atoms with van der Waals surface area (Å²) in [4.78, 5) is 7.43. The molecule has 1 atom stereocenters. The van der Waals surface area contributed by atoms with E-state index < -0.39 is 56.1 Å². The molecule has 0 aliphatic carbocycles. The first-order valence-corrected chi connectivity index (χ1v) is 14.4. The van der Waals surface area contributed by atoms with Crippen molar-refractivity contribution in [3.8, 4) is 11.6 Å². The number of rotatable bonds is 9. The monoisotopic (exact) mass is 591 g/mol. The van der Waals surface area contributed by atoms with Crippen molar-refractivity contribution in [2.45, 2.75) is 56.8 Å². The molecule has 41 heavy (non-hydrogen) atoms. The van der Waals surface area contributed by atoms with Gasteiger partial charge in [-0.05, 0) is 43.4 Å². The number of halogens is 3. The summed E-state index contributed by atoms with van der Waals surface area (Å²) in [6, 6.07) is 4.19. The molecule has 218 valence electrons. The molecule has 4 aromatic rings. The number of nitrogens with zero attached hydrogens (tertiary/aromatic N) is 4. The van der Waals surface area contributed by atoms with E-state index in [1.54, 1.807) is 10.7 Å². The minimum absolute atomic E-state index is 0.0610. The molecule has 1 fully saturated rings. The lowest BCUT2D eigenvalue weighted by atomic mass is 10.1. The summed E-state index contributed by atoms with van der Waals surface area (Å²) in [6.45, 7) is 4.06. The van der Waals surface area contributed by atoms with Crippen LogP contribution >= 0.6 is 0 Å². The van der Waals surface area contributed by atoms with Crippen molar-refractivity contribution in [2.75, 3.05) is 18.4 Å². The summed E-state index contributed by atoms with van der Waals surface area (Å²) in [5, 5.41) is 5.47. The minimum Gasteiger partial charge on any atom is -0.487 e. The van der Waals surface area contributed by atoms with Crippen LogP contribution in [0.15, 0.2) is 41.6 Å². The number of nitrogens with one attached hydrogen (secondary N) is 1. The Labute approximate surface area is 234 Å². The third-order valence-electron chi connectivity index (χ3n) is 6.61. The molecule has 1 aromatic carbocycles. The zero-order chi connectivity index (χ0) is 29.3. The fourth-order valence-corrected chi connectivity index (χ4v) is 5.76. The summed E-state index contributed by atoms with van der Waals surface area (Å²) in [5.41, 5.74) is 0.304. The maximum Gasteiger partial charge on any atom is 0.267 e. The molecule has 1 aliphatic heterocycles. The van der Waals surface area contributed by atoms with E-state index in [0.717, 1.165) is 55.8 Å². The van der Waals surface area contributed by atoms with E-state index >= 15 is 4.39 Å². The van der Waals surface area contributed by atoms with Gasteiger partial charge < -0.3 is 14.2 Å². The number of benzene rings is 1. The number of anilines is 1. The summed E-state index contributed by atoms with van der Waals surface area (Å²) in [7, 11) is -3.40. The lowest BCUT2D eigenvalue weighted by molar-refractivity contribution is -0.0372. The molecular formula is C27H28F3N5O5S. The number of fused-ring (bicyclic) bond motifs is 1. The van der Waals surface area contributed by atoms with Gasteiger partial charge in [0.05, 0.1) is 36.4 Å². The van der Waals surface area contributed by atoms with Crippen molar-refractivity contribution >= 4 is 26.7 Å². The smallest absolute Gasteiger partial charge is 0.267 e. The Bertz CT molecular complexity index is 1690. The lowest BCUT2D eigenvalue weighted by Gasteiger charge is -2.23.